The lowest BCUT2D eigenvalue weighted by Crippen LogP contribution is -2.28. The number of alkyl halides is 1. The highest BCUT2D eigenvalue weighted by Crippen LogP contribution is 2.34. The standard InChI is InChI=1S/C18H27ClO2/c1-13(2)14(3)21-17(20)16(11-18(4,5)12-19)15-9-7-6-8-10-15/h6-10,13-14,16H,11-12H2,1-5H3. The molecule has 0 saturated carbocycles. The third-order valence-corrected chi connectivity index (χ3v) is 4.57. The number of esters is 1. The van der Waals surface area contributed by atoms with Crippen molar-refractivity contribution in [1.82, 2.24) is 0 Å². The van der Waals surface area contributed by atoms with Crippen LogP contribution >= 0.6 is 11.6 Å². The monoisotopic (exact) mass is 310 g/mol. The first-order valence-electron chi connectivity index (χ1n) is 7.58. The highest BCUT2D eigenvalue weighted by molar-refractivity contribution is 6.18. The molecule has 0 aliphatic heterocycles. The zero-order valence-electron chi connectivity index (χ0n) is 13.7. The molecule has 0 bridgehead atoms. The van der Waals surface area contributed by atoms with E-state index in [1.54, 1.807) is 0 Å². The van der Waals surface area contributed by atoms with E-state index >= 15 is 0 Å². The Morgan fingerprint density at radius 3 is 2.24 bits per heavy atom. The van der Waals surface area contributed by atoms with Gasteiger partial charge in [-0.05, 0) is 30.2 Å². The van der Waals surface area contributed by atoms with Crippen molar-refractivity contribution in [1.29, 1.82) is 0 Å². The van der Waals surface area contributed by atoms with Crippen molar-refractivity contribution in [2.24, 2.45) is 11.3 Å². The van der Waals surface area contributed by atoms with E-state index in [2.05, 4.69) is 27.7 Å². The van der Waals surface area contributed by atoms with Crippen LogP contribution in [0.4, 0.5) is 0 Å². The molecule has 0 aromatic heterocycles. The molecule has 0 saturated heterocycles. The molecule has 1 aromatic rings. The fourth-order valence-corrected chi connectivity index (χ4v) is 2.14. The van der Waals surface area contributed by atoms with Crippen molar-refractivity contribution in [2.45, 2.75) is 53.1 Å². The van der Waals surface area contributed by atoms with Crippen LogP contribution in [0.3, 0.4) is 0 Å². The molecule has 3 heteroatoms. The van der Waals surface area contributed by atoms with Gasteiger partial charge in [-0.25, -0.2) is 0 Å². The lowest BCUT2D eigenvalue weighted by Gasteiger charge is -2.28. The predicted octanol–water partition coefficient (Wildman–Crippen LogP) is 5.01. The first-order chi connectivity index (χ1) is 9.76. The van der Waals surface area contributed by atoms with Crippen LogP contribution in [0, 0.1) is 11.3 Å². The molecule has 0 aliphatic carbocycles. The van der Waals surface area contributed by atoms with Crippen LogP contribution in [-0.2, 0) is 9.53 Å². The Labute approximate surface area is 133 Å². The molecule has 1 aromatic carbocycles. The van der Waals surface area contributed by atoms with E-state index in [4.69, 9.17) is 16.3 Å². The minimum Gasteiger partial charge on any atom is -0.462 e. The Kier molecular flexibility index (Phi) is 6.73. The zero-order valence-corrected chi connectivity index (χ0v) is 14.5. The van der Waals surface area contributed by atoms with E-state index < -0.39 is 0 Å². The molecule has 118 valence electrons. The minimum absolute atomic E-state index is 0.0807. The molecule has 2 unspecified atom stereocenters. The van der Waals surface area contributed by atoms with E-state index in [9.17, 15) is 4.79 Å². The SMILES string of the molecule is CC(C)C(C)OC(=O)C(CC(C)(C)CCl)c1ccccc1. The maximum atomic E-state index is 12.6. The predicted molar refractivity (Wildman–Crippen MR) is 88.7 cm³/mol. The quantitative estimate of drug-likeness (QED) is 0.522. The normalized spacial score (nSPS) is 14.8. The summed E-state index contributed by atoms with van der Waals surface area (Å²) in [5.41, 5.74) is 0.888. The van der Waals surface area contributed by atoms with Gasteiger partial charge >= 0.3 is 5.97 Å². The average molecular weight is 311 g/mol. The summed E-state index contributed by atoms with van der Waals surface area (Å²) in [5.74, 6) is 0.414. The third-order valence-electron chi connectivity index (χ3n) is 3.85. The number of ether oxygens (including phenoxy) is 1. The third kappa shape index (κ3) is 5.70. The average Bonchev–Trinajstić information content (AvgIpc) is 2.45. The highest BCUT2D eigenvalue weighted by atomic mass is 35.5. The van der Waals surface area contributed by atoms with Gasteiger partial charge < -0.3 is 4.74 Å². The summed E-state index contributed by atoms with van der Waals surface area (Å²) < 4.78 is 5.64. The van der Waals surface area contributed by atoms with Gasteiger partial charge in [0.15, 0.2) is 0 Å². The Bertz CT molecular complexity index is 440. The minimum atomic E-state index is -0.263. The van der Waals surface area contributed by atoms with Crippen molar-refractivity contribution in [3.8, 4) is 0 Å². The summed E-state index contributed by atoms with van der Waals surface area (Å²) >= 11 is 6.03. The van der Waals surface area contributed by atoms with E-state index in [1.165, 1.54) is 0 Å². The molecule has 0 N–H and O–H groups in total. The second-order valence-electron chi connectivity index (χ2n) is 6.85. The van der Waals surface area contributed by atoms with Gasteiger partial charge in [0, 0.05) is 5.88 Å². The van der Waals surface area contributed by atoms with Gasteiger partial charge in [0.1, 0.15) is 6.10 Å². The summed E-state index contributed by atoms with van der Waals surface area (Å²) in [6, 6.07) is 9.83. The Morgan fingerprint density at radius 1 is 1.19 bits per heavy atom. The van der Waals surface area contributed by atoms with Crippen LogP contribution in [0.5, 0.6) is 0 Å². The van der Waals surface area contributed by atoms with Crippen molar-refractivity contribution in [3.05, 3.63) is 35.9 Å². The van der Waals surface area contributed by atoms with Gasteiger partial charge in [-0.1, -0.05) is 58.0 Å². The van der Waals surface area contributed by atoms with Crippen LogP contribution in [0.1, 0.15) is 52.5 Å². The molecular weight excluding hydrogens is 284 g/mol. The fourth-order valence-electron chi connectivity index (χ4n) is 2.03. The van der Waals surface area contributed by atoms with Crippen molar-refractivity contribution in [3.63, 3.8) is 0 Å². The summed E-state index contributed by atoms with van der Waals surface area (Å²) in [7, 11) is 0. The number of hydrogen-bond acceptors (Lipinski definition) is 2. The first-order valence-corrected chi connectivity index (χ1v) is 8.11. The van der Waals surface area contributed by atoms with Gasteiger partial charge in [-0.15, -0.1) is 11.6 Å². The largest absolute Gasteiger partial charge is 0.462 e. The van der Waals surface area contributed by atoms with E-state index in [1.807, 2.05) is 37.3 Å². The lowest BCUT2D eigenvalue weighted by molar-refractivity contribution is -0.152. The van der Waals surface area contributed by atoms with Gasteiger partial charge in [-0.3, -0.25) is 4.79 Å². The van der Waals surface area contributed by atoms with Crippen molar-refractivity contribution >= 4 is 17.6 Å². The van der Waals surface area contributed by atoms with Gasteiger partial charge in [-0.2, -0.15) is 0 Å². The van der Waals surface area contributed by atoms with Crippen LogP contribution in [-0.4, -0.2) is 18.0 Å². The van der Waals surface area contributed by atoms with Gasteiger partial charge in [0.05, 0.1) is 5.92 Å². The first kappa shape index (κ1) is 18.0. The summed E-state index contributed by atoms with van der Waals surface area (Å²) in [6.07, 6.45) is 0.604. The Balaban J connectivity index is 2.94. The van der Waals surface area contributed by atoms with Gasteiger partial charge in [0.2, 0.25) is 0 Å². The van der Waals surface area contributed by atoms with Gasteiger partial charge in [0.25, 0.3) is 0 Å². The molecule has 2 nitrogen and oxygen atoms in total. The molecular formula is C18H27ClO2. The Hall–Kier alpha value is -1.02. The number of hydrogen-bond donors (Lipinski definition) is 0. The smallest absolute Gasteiger partial charge is 0.313 e. The van der Waals surface area contributed by atoms with Crippen LogP contribution < -0.4 is 0 Å². The molecule has 2 atom stereocenters. The Morgan fingerprint density at radius 2 is 1.76 bits per heavy atom. The summed E-state index contributed by atoms with van der Waals surface area (Å²) in [4.78, 5) is 12.6. The maximum Gasteiger partial charge on any atom is 0.313 e. The van der Waals surface area contributed by atoms with Crippen LogP contribution in [0.2, 0.25) is 0 Å². The number of benzene rings is 1. The fraction of sp³-hybridized carbons (Fsp3) is 0.611. The van der Waals surface area contributed by atoms with Crippen molar-refractivity contribution in [2.75, 3.05) is 5.88 Å². The number of halogens is 1. The number of carbonyl (C=O) groups is 1. The number of carbonyl (C=O) groups excluding carboxylic acids is 1. The molecule has 21 heavy (non-hydrogen) atoms. The van der Waals surface area contributed by atoms with E-state index in [0.29, 0.717) is 18.2 Å². The van der Waals surface area contributed by atoms with Crippen LogP contribution in [0.15, 0.2) is 30.3 Å². The molecule has 0 aliphatic rings. The molecule has 0 amide bonds. The molecule has 1 rings (SSSR count). The lowest BCUT2D eigenvalue weighted by atomic mass is 9.81. The summed E-state index contributed by atoms with van der Waals surface area (Å²) in [6.45, 7) is 10.2. The second-order valence-corrected chi connectivity index (χ2v) is 7.12. The molecule has 0 fully saturated rings. The van der Waals surface area contributed by atoms with Crippen LogP contribution in [0.25, 0.3) is 0 Å². The second kappa shape index (κ2) is 7.84. The van der Waals surface area contributed by atoms with E-state index in [-0.39, 0.29) is 23.4 Å². The topological polar surface area (TPSA) is 26.3 Å². The zero-order chi connectivity index (χ0) is 16.0. The molecule has 0 radical (unpaired) electrons. The van der Waals surface area contributed by atoms with Crippen molar-refractivity contribution < 1.29 is 9.53 Å². The number of rotatable bonds is 7. The van der Waals surface area contributed by atoms with E-state index in [0.717, 1.165) is 5.56 Å². The molecule has 0 spiro atoms. The highest BCUT2D eigenvalue weighted by Gasteiger charge is 2.31. The molecule has 0 heterocycles. The summed E-state index contributed by atoms with van der Waals surface area (Å²) in [5, 5.41) is 0. The maximum absolute atomic E-state index is 12.6.